The van der Waals surface area contributed by atoms with Gasteiger partial charge in [0.25, 0.3) is 5.91 Å². The summed E-state index contributed by atoms with van der Waals surface area (Å²) in [4.78, 5) is 24.2. The fraction of sp³-hybridized carbons (Fsp3) is 0.263. The lowest BCUT2D eigenvalue weighted by molar-refractivity contribution is -0.139. The number of carbonyl (C=O) groups excluding carboxylic acids is 2. The van der Waals surface area contributed by atoms with Crippen LogP contribution < -0.4 is 14.8 Å². The Bertz CT molecular complexity index is 802. The molecule has 1 aliphatic rings. The van der Waals surface area contributed by atoms with E-state index >= 15 is 0 Å². The van der Waals surface area contributed by atoms with Crippen molar-refractivity contribution in [3.05, 3.63) is 59.2 Å². The van der Waals surface area contributed by atoms with E-state index in [9.17, 15) is 9.59 Å². The zero-order valence-corrected chi connectivity index (χ0v) is 14.1. The Morgan fingerprint density at radius 3 is 2.72 bits per heavy atom. The fourth-order valence-corrected chi connectivity index (χ4v) is 2.66. The highest BCUT2D eigenvalue weighted by Crippen LogP contribution is 2.34. The monoisotopic (exact) mass is 341 g/mol. The molecular weight excluding hydrogens is 322 g/mol. The molecule has 0 aromatic heterocycles. The van der Waals surface area contributed by atoms with Crippen molar-refractivity contribution in [3.63, 3.8) is 0 Å². The fourth-order valence-electron chi connectivity index (χ4n) is 2.66. The Kier molecular flexibility index (Phi) is 4.88. The number of rotatable bonds is 5. The third-order valence-electron chi connectivity index (χ3n) is 4.07. The highest BCUT2D eigenvalue weighted by Gasteiger charge is 2.19. The zero-order valence-electron chi connectivity index (χ0n) is 14.1. The summed E-state index contributed by atoms with van der Waals surface area (Å²) in [7, 11) is 1.33. The number of hydrogen-bond acceptors (Lipinski definition) is 5. The SMILES string of the molecule is COC(=O)Cc1ccccc1C(=O)N[C@@H](C)c1ccc2c(c1)OCO2. The molecule has 0 saturated carbocycles. The number of fused-ring (bicyclic) bond motifs is 1. The van der Waals surface area contributed by atoms with Crippen molar-refractivity contribution in [2.45, 2.75) is 19.4 Å². The van der Waals surface area contributed by atoms with Crippen LogP contribution in [0.25, 0.3) is 0 Å². The van der Waals surface area contributed by atoms with Gasteiger partial charge in [-0.2, -0.15) is 0 Å². The Balaban J connectivity index is 1.75. The van der Waals surface area contributed by atoms with E-state index in [0.29, 0.717) is 22.6 Å². The van der Waals surface area contributed by atoms with Gasteiger partial charge in [0.05, 0.1) is 19.6 Å². The Morgan fingerprint density at radius 1 is 1.16 bits per heavy atom. The molecule has 0 radical (unpaired) electrons. The number of nitrogens with one attached hydrogen (secondary N) is 1. The van der Waals surface area contributed by atoms with Gasteiger partial charge in [-0.3, -0.25) is 9.59 Å². The van der Waals surface area contributed by atoms with E-state index in [1.807, 2.05) is 25.1 Å². The minimum Gasteiger partial charge on any atom is -0.469 e. The predicted octanol–water partition coefficient (Wildman–Crippen LogP) is 2.62. The summed E-state index contributed by atoms with van der Waals surface area (Å²) in [5.41, 5.74) is 1.99. The van der Waals surface area contributed by atoms with Gasteiger partial charge in [-0.15, -0.1) is 0 Å². The van der Waals surface area contributed by atoms with E-state index in [1.165, 1.54) is 7.11 Å². The first kappa shape index (κ1) is 16.8. The molecule has 1 amide bonds. The molecule has 25 heavy (non-hydrogen) atoms. The van der Waals surface area contributed by atoms with E-state index in [-0.39, 0.29) is 31.1 Å². The van der Waals surface area contributed by atoms with Crippen LogP contribution in [0, 0.1) is 0 Å². The van der Waals surface area contributed by atoms with Crippen LogP contribution >= 0.6 is 0 Å². The second-order valence-corrected chi connectivity index (χ2v) is 5.72. The van der Waals surface area contributed by atoms with Gasteiger partial charge < -0.3 is 19.5 Å². The van der Waals surface area contributed by atoms with Crippen LogP contribution in [-0.4, -0.2) is 25.8 Å². The molecule has 0 unspecified atom stereocenters. The van der Waals surface area contributed by atoms with E-state index in [1.54, 1.807) is 24.3 Å². The summed E-state index contributed by atoms with van der Waals surface area (Å²) in [5.74, 6) is 0.740. The molecule has 6 nitrogen and oxygen atoms in total. The van der Waals surface area contributed by atoms with Crippen LogP contribution in [0.3, 0.4) is 0 Å². The topological polar surface area (TPSA) is 73.9 Å². The first-order valence-electron chi connectivity index (χ1n) is 7.93. The summed E-state index contributed by atoms with van der Waals surface area (Å²) in [6.45, 7) is 2.10. The van der Waals surface area contributed by atoms with Crippen molar-refractivity contribution >= 4 is 11.9 Å². The van der Waals surface area contributed by atoms with Crippen molar-refractivity contribution < 1.29 is 23.8 Å². The van der Waals surface area contributed by atoms with Gasteiger partial charge in [0.1, 0.15) is 0 Å². The van der Waals surface area contributed by atoms with Crippen molar-refractivity contribution in [2.75, 3.05) is 13.9 Å². The van der Waals surface area contributed by atoms with E-state index in [0.717, 1.165) is 5.56 Å². The zero-order chi connectivity index (χ0) is 17.8. The third kappa shape index (κ3) is 3.74. The van der Waals surface area contributed by atoms with E-state index in [4.69, 9.17) is 9.47 Å². The highest BCUT2D eigenvalue weighted by atomic mass is 16.7. The Morgan fingerprint density at radius 2 is 1.92 bits per heavy atom. The van der Waals surface area contributed by atoms with Crippen LogP contribution in [-0.2, 0) is 16.0 Å². The normalized spacial score (nSPS) is 13.2. The standard InChI is InChI=1S/C19H19NO5/c1-12(13-7-8-16-17(9-13)25-11-24-16)20-19(22)15-6-4-3-5-14(15)10-18(21)23-2/h3-9,12H,10-11H2,1-2H3,(H,20,22)/t12-/m0/s1. The average Bonchev–Trinajstić information content (AvgIpc) is 3.09. The lowest BCUT2D eigenvalue weighted by Crippen LogP contribution is -2.28. The maximum absolute atomic E-state index is 12.6. The quantitative estimate of drug-likeness (QED) is 0.846. The molecular formula is C19H19NO5. The van der Waals surface area contributed by atoms with Crippen LogP contribution in [0.2, 0.25) is 0 Å². The molecule has 0 spiro atoms. The van der Waals surface area contributed by atoms with Crippen molar-refractivity contribution in [3.8, 4) is 11.5 Å². The molecule has 2 aromatic carbocycles. The van der Waals surface area contributed by atoms with Crippen LogP contribution in [0.4, 0.5) is 0 Å². The Hall–Kier alpha value is -3.02. The molecule has 0 fully saturated rings. The molecule has 1 N–H and O–H groups in total. The summed E-state index contributed by atoms with van der Waals surface area (Å²) in [6.07, 6.45) is 0.0541. The smallest absolute Gasteiger partial charge is 0.310 e. The maximum Gasteiger partial charge on any atom is 0.310 e. The van der Waals surface area contributed by atoms with Gasteiger partial charge in [-0.1, -0.05) is 24.3 Å². The van der Waals surface area contributed by atoms with Crippen molar-refractivity contribution in [1.82, 2.24) is 5.32 Å². The largest absolute Gasteiger partial charge is 0.469 e. The molecule has 1 aliphatic heterocycles. The molecule has 2 aromatic rings. The maximum atomic E-state index is 12.6. The summed E-state index contributed by atoms with van der Waals surface area (Å²) < 4.78 is 15.3. The van der Waals surface area contributed by atoms with Gasteiger partial charge in [0.2, 0.25) is 6.79 Å². The lowest BCUT2D eigenvalue weighted by atomic mass is 10.0. The summed E-state index contributed by atoms with van der Waals surface area (Å²) >= 11 is 0. The third-order valence-corrected chi connectivity index (χ3v) is 4.07. The summed E-state index contributed by atoms with van der Waals surface area (Å²) in [5, 5.41) is 2.95. The second kappa shape index (κ2) is 7.25. The molecule has 0 bridgehead atoms. The number of benzene rings is 2. The van der Waals surface area contributed by atoms with E-state index in [2.05, 4.69) is 10.1 Å². The second-order valence-electron chi connectivity index (χ2n) is 5.72. The van der Waals surface area contributed by atoms with Crippen LogP contribution in [0.1, 0.15) is 34.5 Å². The van der Waals surface area contributed by atoms with Crippen molar-refractivity contribution in [1.29, 1.82) is 0 Å². The number of hydrogen-bond donors (Lipinski definition) is 1. The molecule has 0 saturated heterocycles. The van der Waals surface area contributed by atoms with Crippen LogP contribution in [0.15, 0.2) is 42.5 Å². The van der Waals surface area contributed by atoms with Crippen molar-refractivity contribution in [2.24, 2.45) is 0 Å². The number of amides is 1. The molecule has 0 aliphatic carbocycles. The van der Waals surface area contributed by atoms with Gasteiger partial charge >= 0.3 is 5.97 Å². The molecule has 130 valence electrons. The van der Waals surface area contributed by atoms with Gasteiger partial charge in [-0.25, -0.2) is 0 Å². The molecule has 3 rings (SSSR count). The van der Waals surface area contributed by atoms with Crippen LogP contribution in [0.5, 0.6) is 11.5 Å². The van der Waals surface area contributed by atoms with Gasteiger partial charge in [0.15, 0.2) is 11.5 Å². The first-order chi connectivity index (χ1) is 12.1. The highest BCUT2D eigenvalue weighted by molar-refractivity contribution is 5.97. The number of methoxy groups -OCH3 is 1. The lowest BCUT2D eigenvalue weighted by Gasteiger charge is -2.16. The van der Waals surface area contributed by atoms with Gasteiger partial charge in [-0.05, 0) is 36.2 Å². The predicted molar refractivity (Wildman–Crippen MR) is 90.6 cm³/mol. The van der Waals surface area contributed by atoms with E-state index < -0.39 is 0 Å². The molecule has 6 heteroatoms. The average molecular weight is 341 g/mol. The summed E-state index contributed by atoms with van der Waals surface area (Å²) in [6, 6.07) is 12.3. The first-order valence-corrected chi connectivity index (χ1v) is 7.93. The molecule has 1 atom stereocenters. The Labute approximate surface area is 145 Å². The molecule has 1 heterocycles. The minimum atomic E-state index is -0.385. The minimum absolute atomic E-state index is 0.0541. The number of ether oxygens (including phenoxy) is 3. The van der Waals surface area contributed by atoms with Gasteiger partial charge in [0, 0.05) is 5.56 Å². The number of esters is 1. The number of carbonyl (C=O) groups is 2.